The molecule has 0 amide bonds. The number of carboxylic acids is 1. The number of hydrogen-bond donors (Lipinski definition) is 2. The standard InChI is InChI=1S/C35H41FN2O6/c1-19-22-14-11-15-42-29(22)24(36)16-23(19)27-26(30(32(39)40)44-34(3,4)5)20(2)37-31-28(27)38-25(17-35(31,6)7)33(41)43-18-21-12-9-8-10-13-21/h8-10,12-13,16,25,30,38H,11,14-15,17-18H2,1-7H3,(H,39,40). The van der Waals surface area contributed by atoms with Crippen LogP contribution in [0.15, 0.2) is 36.4 Å². The molecule has 5 rings (SSSR count). The molecule has 0 spiro atoms. The summed E-state index contributed by atoms with van der Waals surface area (Å²) in [5.41, 5.74) is 3.85. The Hall–Kier alpha value is -3.98. The van der Waals surface area contributed by atoms with Crippen LogP contribution in [0.3, 0.4) is 0 Å². The fourth-order valence-electron chi connectivity index (χ4n) is 6.26. The number of aryl methyl sites for hydroxylation is 1. The van der Waals surface area contributed by atoms with Crippen molar-refractivity contribution < 1.29 is 33.3 Å². The summed E-state index contributed by atoms with van der Waals surface area (Å²) in [6, 6.07) is 10.1. The molecule has 1 aromatic heterocycles. The Labute approximate surface area is 257 Å². The summed E-state index contributed by atoms with van der Waals surface area (Å²) in [6.07, 6.45) is 0.350. The molecule has 3 aromatic rings. The molecule has 2 unspecified atom stereocenters. The van der Waals surface area contributed by atoms with Crippen LogP contribution in [0, 0.1) is 19.7 Å². The Bertz CT molecular complexity index is 1600. The van der Waals surface area contributed by atoms with Gasteiger partial charge in [-0.15, -0.1) is 0 Å². The van der Waals surface area contributed by atoms with Crippen molar-refractivity contribution in [3.05, 3.63) is 75.9 Å². The SMILES string of the molecule is Cc1nc2c(c(-c3cc(F)c4c(c3C)CCCO4)c1C(OC(C)(C)C)C(=O)O)NC(C(=O)OCc1ccccc1)CC2(C)C. The van der Waals surface area contributed by atoms with Crippen molar-refractivity contribution in [3.63, 3.8) is 0 Å². The molecule has 0 radical (unpaired) electrons. The average molecular weight is 605 g/mol. The highest BCUT2D eigenvalue weighted by Gasteiger charge is 2.43. The second kappa shape index (κ2) is 11.8. The van der Waals surface area contributed by atoms with Gasteiger partial charge in [-0.2, -0.15) is 0 Å². The lowest BCUT2D eigenvalue weighted by atomic mass is 9.75. The van der Waals surface area contributed by atoms with Crippen LogP contribution >= 0.6 is 0 Å². The molecule has 2 aliphatic rings. The van der Waals surface area contributed by atoms with Crippen molar-refractivity contribution in [1.82, 2.24) is 4.98 Å². The Morgan fingerprint density at radius 3 is 2.57 bits per heavy atom. The number of pyridine rings is 1. The van der Waals surface area contributed by atoms with Gasteiger partial charge < -0.3 is 24.6 Å². The minimum Gasteiger partial charge on any atom is -0.490 e. The number of nitrogens with one attached hydrogen (secondary N) is 1. The van der Waals surface area contributed by atoms with E-state index in [4.69, 9.17) is 19.2 Å². The van der Waals surface area contributed by atoms with E-state index < -0.39 is 40.9 Å². The molecule has 8 nitrogen and oxygen atoms in total. The maximum atomic E-state index is 15.7. The molecule has 44 heavy (non-hydrogen) atoms. The fraction of sp³-hybridized carbons (Fsp3) is 0.457. The van der Waals surface area contributed by atoms with Crippen molar-refractivity contribution in [2.24, 2.45) is 0 Å². The van der Waals surface area contributed by atoms with Gasteiger partial charge in [-0.3, -0.25) is 4.98 Å². The van der Waals surface area contributed by atoms with Gasteiger partial charge in [0.25, 0.3) is 0 Å². The normalized spacial score (nSPS) is 17.9. The lowest BCUT2D eigenvalue weighted by Crippen LogP contribution is -2.43. The predicted octanol–water partition coefficient (Wildman–Crippen LogP) is 6.98. The van der Waals surface area contributed by atoms with E-state index in [2.05, 4.69) is 5.32 Å². The number of carboxylic acid groups (broad SMARTS) is 1. The zero-order valence-corrected chi connectivity index (χ0v) is 26.5. The number of esters is 1. The zero-order chi connectivity index (χ0) is 32.0. The molecule has 0 aliphatic carbocycles. The lowest BCUT2D eigenvalue weighted by molar-refractivity contribution is -0.160. The largest absolute Gasteiger partial charge is 0.490 e. The number of aliphatic carboxylic acids is 1. The smallest absolute Gasteiger partial charge is 0.337 e. The van der Waals surface area contributed by atoms with Gasteiger partial charge in [0.05, 0.1) is 23.6 Å². The van der Waals surface area contributed by atoms with E-state index in [1.807, 2.05) is 51.1 Å². The van der Waals surface area contributed by atoms with Crippen LogP contribution in [0.4, 0.5) is 10.1 Å². The van der Waals surface area contributed by atoms with Gasteiger partial charge in [-0.1, -0.05) is 44.2 Å². The highest BCUT2D eigenvalue weighted by Crippen LogP contribution is 2.50. The summed E-state index contributed by atoms with van der Waals surface area (Å²) in [7, 11) is 0. The zero-order valence-electron chi connectivity index (χ0n) is 26.5. The van der Waals surface area contributed by atoms with Crippen LogP contribution in [0.25, 0.3) is 11.1 Å². The van der Waals surface area contributed by atoms with Gasteiger partial charge in [0.2, 0.25) is 0 Å². The molecule has 9 heteroatoms. The number of carbonyl (C=O) groups excluding carboxylic acids is 1. The van der Waals surface area contributed by atoms with Crippen LogP contribution in [0.5, 0.6) is 5.75 Å². The van der Waals surface area contributed by atoms with Gasteiger partial charge in [-0.05, 0) is 76.6 Å². The minimum atomic E-state index is -1.41. The summed E-state index contributed by atoms with van der Waals surface area (Å²) >= 11 is 0. The minimum absolute atomic E-state index is 0.116. The monoisotopic (exact) mass is 604 g/mol. The third-order valence-corrected chi connectivity index (χ3v) is 8.27. The number of halogens is 1. The van der Waals surface area contributed by atoms with Crippen LogP contribution < -0.4 is 10.1 Å². The van der Waals surface area contributed by atoms with Crippen LogP contribution in [-0.4, -0.2) is 40.3 Å². The summed E-state index contributed by atoms with van der Waals surface area (Å²) in [5, 5.41) is 13.9. The maximum Gasteiger partial charge on any atom is 0.337 e. The highest BCUT2D eigenvalue weighted by molar-refractivity contribution is 5.93. The van der Waals surface area contributed by atoms with E-state index in [0.717, 1.165) is 23.1 Å². The Kier molecular flexibility index (Phi) is 8.46. The molecular weight excluding hydrogens is 563 g/mol. The molecule has 2 atom stereocenters. The Balaban J connectivity index is 1.72. The summed E-state index contributed by atoms with van der Waals surface area (Å²) in [6.45, 7) is 13.5. The van der Waals surface area contributed by atoms with Crippen LogP contribution in [0.1, 0.15) is 87.2 Å². The number of aromatic nitrogens is 1. The van der Waals surface area contributed by atoms with Crippen molar-refractivity contribution >= 4 is 17.6 Å². The van der Waals surface area contributed by atoms with E-state index in [1.54, 1.807) is 27.7 Å². The van der Waals surface area contributed by atoms with Crippen molar-refractivity contribution in [2.75, 3.05) is 11.9 Å². The molecule has 2 aliphatic heterocycles. The molecule has 0 saturated carbocycles. The van der Waals surface area contributed by atoms with E-state index in [0.29, 0.717) is 53.2 Å². The van der Waals surface area contributed by atoms with Gasteiger partial charge >= 0.3 is 11.9 Å². The Morgan fingerprint density at radius 1 is 1.20 bits per heavy atom. The second-order valence-corrected chi connectivity index (χ2v) is 13.3. The van der Waals surface area contributed by atoms with Gasteiger partial charge in [-0.25, -0.2) is 14.0 Å². The van der Waals surface area contributed by atoms with Crippen molar-refractivity contribution in [3.8, 4) is 16.9 Å². The van der Waals surface area contributed by atoms with E-state index in [-0.39, 0.29) is 12.4 Å². The first-order chi connectivity index (χ1) is 20.7. The van der Waals surface area contributed by atoms with E-state index in [1.165, 1.54) is 6.07 Å². The number of nitrogens with zero attached hydrogens (tertiary/aromatic N) is 1. The number of hydrogen-bond acceptors (Lipinski definition) is 7. The molecule has 3 heterocycles. The number of fused-ring (bicyclic) bond motifs is 2. The maximum absolute atomic E-state index is 15.7. The van der Waals surface area contributed by atoms with Crippen LogP contribution in [-0.2, 0) is 37.5 Å². The highest BCUT2D eigenvalue weighted by atomic mass is 19.1. The number of rotatable bonds is 7. The average Bonchev–Trinajstić information content (AvgIpc) is 2.96. The second-order valence-electron chi connectivity index (χ2n) is 13.3. The lowest BCUT2D eigenvalue weighted by Gasteiger charge is -2.39. The molecule has 0 saturated heterocycles. The molecule has 234 valence electrons. The number of benzene rings is 2. The van der Waals surface area contributed by atoms with Gasteiger partial charge in [0.15, 0.2) is 17.7 Å². The number of ether oxygens (including phenoxy) is 3. The Morgan fingerprint density at radius 2 is 1.91 bits per heavy atom. The van der Waals surface area contributed by atoms with Gasteiger partial charge in [0, 0.05) is 27.8 Å². The van der Waals surface area contributed by atoms with Crippen molar-refractivity contribution in [1.29, 1.82) is 0 Å². The predicted molar refractivity (Wildman–Crippen MR) is 165 cm³/mol. The summed E-state index contributed by atoms with van der Waals surface area (Å²) in [4.78, 5) is 31.3. The molecule has 0 bridgehead atoms. The molecule has 2 aromatic carbocycles. The molecule has 2 N–H and O–H groups in total. The fourth-order valence-corrected chi connectivity index (χ4v) is 6.26. The molecule has 0 fully saturated rings. The van der Waals surface area contributed by atoms with Gasteiger partial charge in [0.1, 0.15) is 12.6 Å². The first-order valence-corrected chi connectivity index (χ1v) is 15.1. The molecular formula is C35H41FN2O6. The number of carbonyl (C=O) groups is 2. The third kappa shape index (κ3) is 6.15. The third-order valence-electron chi connectivity index (χ3n) is 8.27. The van der Waals surface area contributed by atoms with Crippen molar-refractivity contribution in [2.45, 2.75) is 97.5 Å². The summed E-state index contributed by atoms with van der Waals surface area (Å²) in [5.74, 6) is -1.93. The van der Waals surface area contributed by atoms with E-state index >= 15 is 4.39 Å². The van der Waals surface area contributed by atoms with Crippen LogP contribution in [0.2, 0.25) is 0 Å². The summed E-state index contributed by atoms with van der Waals surface area (Å²) < 4.78 is 33.3. The quantitative estimate of drug-likeness (QED) is 0.278. The first kappa shape index (κ1) is 31.4. The first-order valence-electron chi connectivity index (χ1n) is 15.1. The topological polar surface area (TPSA) is 107 Å². The number of anilines is 1. The van der Waals surface area contributed by atoms with E-state index in [9.17, 15) is 14.7 Å².